The second kappa shape index (κ2) is 4.30. The van der Waals surface area contributed by atoms with Gasteiger partial charge in [-0.25, -0.2) is 4.79 Å². The molecular weight excluding hydrogens is 190 g/mol. The van der Waals surface area contributed by atoms with Crippen molar-refractivity contribution >= 4 is 28.4 Å². The Kier molecular flexibility index (Phi) is 3.08. The van der Waals surface area contributed by atoms with Crippen molar-refractivity contribution in [1.29, 1.82) is 0 Å². The number of hydrogen-bond donors (Lipinski definition) is 1. The molecule has 0 saturated heterocycles. The lowest BCUT2D eigenvalue weighted by Gasteiger charge is -1.86. The van der Waals surface area contributed by atoms with Crippen LogP contribution >= 0.6 is 11.3 Å². The molecule has 0 amide bonds. The third-order valence-corrected chi connectivity index (χ3v) is 2.03. The van der Waals surface area contributed by atoms with Crippen molar-refractivity contribution in [3.63, 3.8) is 0 Å². The number of aliphatic carboxylic acids is 1. The van der Waals surface area contributed by atoms with Crippen molar-refractivity contribution in [1.82, 2.24) is 0 Å². The predicted octanol–water partition coefficient (Wildman–Crippen LogP) is 2.79. The summed E-state index contributed by atoms with van der Waals surface area (Å²) in [4.78, 5) is 12.8. The minimum atomic E-state index is -1.03. The van der Waals surface area contributed by atoms with Gasteiger partial charge in [-0.2, -0.15) is 0 Å². The van der Waals surface area contributed by atoms with E-state index >= 15 is 0 Å². The van der Waals surface area contributed by atoms with Crippen LogP contribution in [0.3, 0.4) is 0 Å². The lowest BCUT2D eigenvalue weighted by Crippen LogP contribution is -1.84. The molecule has 0 unspecified atom stereocenters. The highest BCUT2D eigenvalue weighted by Crippen LogP contribution is 2.27. The Labute approximate surface area is 77.6 Å². The maximum atomic E-state index is 10.2. The summed E-state index contributed by atoms with van der Waals surface area (Å²) in [5, 5.41) is 13.9. The van der Waals surface area contributed by atoms with Crippen LogP contribution in [0.5, 0.6) is 0 Å². The van der Waals surface area contributed by atoms with Crippen molar-refractivity contribution in [3.05, 3.63) is 33.5 Å². The summed E-state index contributed by atoms with van der Waals surface area (Å²) < 4.78 is 0. The van der Waals surface area contributed by atoms with Gasteiger partial charge in [0.05, 0.1) is 5.00 Å². The SMILES string of the molecule is [N-]=[N+]=Nc1sccc1C=CC(=O)O. The molecule has 0 aliphatic carbocycles. The lowest BCUT2D eigenvalue weighted by molar-refractivity contribution is -0.131. The number of hydrogen-bond acceptors (Lipinski definition) is 3. The molecule has 0 bridgehead atoms. The van der Waals surface area contributed by atoms with E-state index in [2.05, 4.69) is 10.0 Å². The molecule has 0 spiro atoms. The van der Waals surface area contributed by atoms with E-state index in [4.69, 9.17) is 10.6 Å². The second-order valence-corrected chi connectivity index (χ2v) is 2.94. The number of carboxylic acids is 1. The first-order valence-corrected chi connectivity index (χ1v) is 4.15. The summed E-state index contributed by atoms with van der Waals surface area (Å²) in [5.41, 5.74) is 8.78. The molecule has 0 aliphatic rings. The average Bonchev–Trinajstić information content (AvgIpc) is 2.49. The Morgan fingerprint density at radius 1 is 1.77 bits per heavy atom. The van der Waals surface area contributed by atoms with Gasteiger partial charge in [-0.3, -0.25) is 0 Å². The molecule has 0 radical (unpaired) electrons. The van der Waals surface area contributed by atoms with Crippen LogP contribution in [-0.2, 0) is 4.79 Å². The molecular formula is C7H5N3O2S. The highest BCUT2D eigenvalue weighted by Gasteiger charge is 1.98. The zero-order valence-electron chi connectivity index (χ0n) is 6.41. The van der Waals surface area contributed by atoms with Crippen LogP contribution in [0.2, 0.25) is 0 Å². The third-order valence-electron chi connectivity index (χ3n) is 1.22. The maximum Gasteiger partial charge on any atom is 0.328 e. The van der Waals surface area contributed by atoms with Crippen LogP contribution in [-0.4, -0.2) is 11.1 Å². The van der Waals surface area contributed by atoms with Gasteiger partial charge in [0.25, 0.3) is 0 Å². The van der Waals surface area contributed by atoms with Gasteiger partial charge in [-0.15, -0.1) is 11.3 Å². The van der Waals surface area contributed by atoms with E-state index in [1.165, 1.54) is 17.4 Å². The molecule has 1 rings (SSSR count). The molecule has 1 aromatic rings. The first-order valence-electron chi connectivity index (χ1n) is 3.27. The summed E-state index contributed by atoms with van der Waals surface area (Å²) in [5.74, 6) is -1.03. The van der Waals surface area contributed by atoms with Crippen molar-refractivity contribution in [3.8, 4) is 0 Å². The Balaban J connectivity index is 2.94. The minimum Gasteiger partial charge on any atom is -0.478 e. The van der Waals surface area contributed by atoms with Gasteiger partial charge >= 0.3 is 5.97 Å². The summed E-state index contributed by atoms with van der Waals surface area (Å²) in [6, 6.07) is 1.69. The lowest BCUT2D eigenvalue weighted by atomic mass is 10.3. The normalized spacial score (nSPS) is 9.85. The van der Waals surface area contributed by atoms with Crippen LogP contribution in [0.1, 0.15) is 5.56 Å². The number of thiophene rings is 1. The monoisotopic (exact) mass is 195 g/mol. The van der Waals surface area contributed by atoms with Gasteiger partial charge in [0.2, 0.25) is 0 Å². The standard InChI is InChI=1S/C7H5N3O2S/c8-10-9-7-5(3-4-13-7)1-2-6(11)12/h1-4H,(H,11,12). The summed E-state index contributed by atoms with van der Waals surface area (Å²) in [6.45, 7) is 0. The molecule has 0 atom stereocenters. The van der Waals surface area contributed by atoms with Gasteiger partial charge in [0, 0.05) is 11.0 Å². The molecule has 0 saturated carbocycles. The number of carboxylic acid groups (broad SMARTS) is 1. The van der Waals surface area contributed by atoms with Crippen molar-refractivity contribution in [2.75, 3.05) is 0 Å². The fourth-order valence-corrected chi connectivity index (χ4v) is 1.42. The predicted molar refractivity (Wildman–Crippen MR) is 49.8 cm³/mol. The molecule has 0 fully saturated rings. The average molecular weight is 195 g/mol. The number of nitrogens with zero attached hydrogens (tertiary/aromatic N) is 3. The van der Waals surface area contributed by atoms with Crippen LogP contribution in [0.15, 0.2) is 22.6 Å². The van der Waals surface area contributed by atoms with E-state index in [0.29, 0.717) is 10.6 Å². The summed E-state index contributed by atoms with van der Waals surface area (Å²) in [6.07, 6.45) is 2.39. The van der Waals surface area contributed by atoms with Gasteiger partial charge < -0.3 is 5.11 Å². The first kappa shape index (κ1) is 9.31. The van der Waals surface area contributed by atoms with Gasteiger partial charge in [-0.1, -0.05) is 0 Å². The maximum absolute atomic E-state index is 10.2. The van der Waals surface area contributed by atoms with Gasteiger partial charge in [-0.05, 0) is 33.7 Å². The molecule has 5 nitrogen and oxygen atoms in total. The van der Waals surface area contributed by atoms with E-state index in [1.807, 2.05) is 0 Å². The highest BCUT2D eigenvalue weighted by atomic mass is 32.1. The van der Waals surface area contributed by atoms with E-state index in [0.717, 1.165) is 6.08 Å². The molecule has 0 aliphatic heterocycles. The summed E-state index contributed by atoms with van der Waals surface area (Å²) in [7, 11) is 0. The molecule has 13 heavy (non-hydrogen) atoms. The molecule has 1 aromatic heterocycles. The van der Waals surface area contributed by atoms with Gasteiger partial charge in [0.1, 0.15) is 0 Å². The van der Waals surface area contributed by atoms with E-state index in [-0.39, 0.29) is 0 Å². The smallest absolute Gasteiger partial charge is 0.328 e. The Morgan fingerprint density at radius 3 is 3.15 bits per heavy atom. The Bertz CT molecular complexity index is 390. The van der Waals surface area contributed by atoms with Crippen molar-refractivity contribution < 1.29 is 9.90 Å². The molecule has 0 aromatic carbocycles. The quantitative estimate of drug-likeness (QED) is 0.348. The topological polar surface area (TPSA) is 86.1 Å². The Morgan fingerprint density at radius 2 is 2.54 bits per heavy atom. The molecule has 1 heterocycles. The number of rotatable bonds is 3. The largest absolute Gasteiger partial charge is 0.478 e. The first-order chi connectivity index (χ1) is 6.24. The van der Waals surface area contributed by atoms with Gasteiger partial charge in [0.15, 0.2) is 0 Å². The summed E-state index contributed by atoms with van der Waals surface area (Å²) >= 11 is 1.26. The second-order valence-electron chi connectivity index (χ2n) is 2.04. The third kappa shape index (κ3) is 2.62. The van der Waals surface area contributed by atoms with Crippen LogP contribution in [0, 0.1) is 0 Å². The minimum absolute atomic E-state index is 0.472. The molecule has 6 heteroatoms. The molecule has 66 valence electrons. The van der Waals surface area contributed by atoms with Crippen molar-refractivity contribution in [2.45, 2.75) is 0 Å². The number of carbonyl (C=O) groups is 1. The zero-order valence-corrected chi connectivity index (χ0v) is 7.23. The Hall–Kier alpha value is -1.78. The fourth-order valence-electron chi connectivity index (χ4n) is 0.721. The van der Waals surface area contributed by atoms with Crippen LogP contribution in [0.25, 0.3) is 16.5 Å². The number of azide groups is 1. The van der Waals surface area contributed by atoms with Crippen molar-refractivity contribution in [2.24, 2.45) is 5.11 Å². The fraction of sp³-hybridized carbons (Fsp3) is 0. The van der Waals surface area contributed by atoms with Crippen LogP contribution in [0.4, 0.5) is 5.00 Å². The van der Waals surface area contributed by atoms with E-state index in [1.54, 1.807) is 11.4 Å². The molecule has 1 N–H and O–H groups in total. The van der Waals surface area contributed by atoms with E-state index < -0.39 is 5.97 Å². The highest BCUT2D eigenvalue weighted by molar-refractivity contribution is 7.14. The van der Waals surface area contributed by atoms with Crippen LogP contribution < -0.4 is 0 Å². The zero-order chi connectivity index (χ0) is 9.68. The van der Waals surface area contributed by atoms with E-state index in [9.17, 15) is 4.79 Å².